The van der Waals surface area contributed by atoms with E-state index in [0.29, 0.717) is 18.8 Å². The maximum absolute atomic E-state index is 10.8. The van der Waals surface area contributed by atoms with E-state index in [1.54, 1.807) is 14.0 Å². The third-order valence-corrected chi connectivity index (χ3v) is 1.09. The Balaban J connectivity index is 3.63. The Kier molecular flexibility index (Phi) is 4.49. The number of carbonyl (C=O) groups is 1. The molecule has 0 radical (unpaired) electrons. The first-order valence-electron chi connectivity index (χ1n) is 3.14. The number of aliphatic imine (C=N–C) groups is 1. The molecule has 0 aliphatic heterocycles. The molecular weight excluding hydrogens is 130 g/mol. The Hall–Kier alpha value is -0.900. The van der Waals surface area contributed by atoms with Crippen LogP contribution in [-0.4, -0.2) is 31.8 Å². The monoisotopic (exact) mass is 143 g/mol. The van der Waals surface area contributed by atoms with E-state index in [0.717, 1.165) is 0 Å². The Morgan fingerprint density at radius 2 is 2.30 bits per heavy atom. The molecule has 0 atom stereocenters. The second-order valence-corrected chi connectivity index (χ2v) is 1.85. The van der Waals surface area contributed by atoms with Gasteiger partial charge in [0.05, 0.1) is 5.71 Å². The van der Waals surface area contributed by atoms with Crippen LogP contribution in [0.2, 0.25) is 0 Å². The highest BCUT2D eigenvalue weighted by Crippen LogP contribution is 1.73. The van der Waals surface area contributed by atoms with Gasteiger partial charge in [0, 0.05) is 20.1 Å². The van der Waals surface area contributed by atoms with Crippen LogP contribution in [0.1, 0.15) is 6.92 Å². The first-order valence-corrected chi connectivity index (χ1v) is 3.14. The highest BCUT2D eigenvalue weighted by atomic mass is 16.1. The van der Waals surface area contributed by atoms with Gasteiger partial charge in [-0.3, -0.25) is 9.79 Å². The molecule has 0 spiro atoms. The van der Waals surface area contributed by atoms with Gasteiger partial charge < -0.3 is 11.1 Å². The van der Waals surface area contributed by atoms with E-state index in [2.05, 4.69) is 10.3 Å². The van der Waals surface area contributed by atoms with Crippen LogP contribution in [0.5, 0.6) is 0 Å². The van der Waals surface area contributed by atoms with Gasteiger partial charge in [-0.1, -0.05) is 0 Å². The maximum Gasteiger partial charge on any atom is 0.264 e. The molecule has 1 amide bonds. The predicted molar refractivity (Wildman–Crippen MR) is 41.1 cm³/mol. The van der Waals surface area contributed by atoms with E-state index in [9.17, 15) is 4.79 Å². The first kappa shape index (κ1) is 9.10. The lowest BCUT2D eigenvalue weighted by Crippen LogP contribution is -2.33. The fraction of sp³-hybridized carbons (Fsp3) is 0.667. The van der Waals surface area contributed by atoms with Crippen LogP contribution in [0.25, 0.3) is 0 Å². The highest BCUT2D eigenvalue weighted by Gasteiger charge is 2.00. The van der Waals surface area contributed by atoms with E-state index in [-0.39, 0.29) is 5.91 Å². The van der Waals surface area contributed by atoms with Crippen LogP contribution in [0.4, 0.5) is 0 Å². The number of nitrogens with zero attached hydrogens (tertiary/aromatic N) is 1. The number of carbonyl (C=O) groups excluding carboxylic acids is 1. The second-order valence-electron chi connectivity index (χ2n) is 1.85. The van der Waals surface area contributed by atoms with E-state index < -0.39 is 0 Å². The fourth-order valence-corrected chi connectivity index (χ4v) is 0.415. The Labute approximate surface area is 60.5 Å². The predicted octanol–water partition coefficient (Wildman–Crippen LogP) is -0.848. The maximum atomic E-state index is 10.8. The van der Waals surface area contributed by atoms with Gasteiger partial charge in [-0.2, -0.15) is 0 Å². The van der Waals surface area contributed by atoms with Gasteiger partial charge in [-0.05, 0) is 6.92 Å². The summed E-state index contributed by atoms with van der Waals surface area (Å²) in [5.41, 5.74) is 5.64. The van der Waals surface area contributed by atoms with Gasteiger partial charge >= 0.3 is 0 Å². The summed E-state index contributed by atoms with van der Waals surface area (Å²) in [6, 6.07) is 0. The summed E-state index contributed by atoms with van der Waals surface area (Å²) in [6.07, 6.45) is 0. The lowest BCUT2D eigenvalue weighted by molar-refractivity contribution is -0.114. The third kappa shape index (κ3) is 3.19. The van der Waals surface area contributed by atoms with Gasteiger partial charge in [0.2, 0.25) is 0 Å². The number of nitrogens with two attached hydrogens (primary N) is 1. The van der Waals surface area contributed by atoms with Gasteiger partial charge in [0.25, 0.3) is 5.91 Å². The molecule has 0 aromatic carbocycles. The summed E-state index contributed by atoms with van der Waals surface area (Å²) in [6.45, 7) is 2.63. The Morgan fingerprint density at radius 3 is 2.70 bits per heavy atom. The third-order valence-electron chi connectivity index (χ3n) is 1.09. The molecule has 0 fully saturated rings. The van der Waals surface area contributed by atoms with E-state index >= 15 is 0 Å². The van der Waals surface area contributed by atoms with Gasteiger partial charge in [-0.25, -0.2) is 0 Å². The molecule has 0 aromatic rings. The fourth-order valence-electron chi connectivity index (χ4n) is 0.415. The minimum absolute atomic E-state index is 0.145. The van der Waals surface area contributed by atoms with Crippen LogP contribution < -0.4 is 11.1 Å². The van der Waals surface area contributed by atoms with Crippen LogP contribution in [-0.2, 0) is 4.79 Å². The SMILES string of the molecule is C/N=C(\C)C(=O)NCCN. The lowest BCUT2D eigenvalue weighted by atomic mass is 10.4. The normalized spacial score (nSPS) is 11.3. The summed E-state index contributed by atoms with van der Waals surface area (Å²) >= 11 is 0. The molecule has 0 saturated carbocycles. The van der Waals surface area contributed by atoms with Crippen LogP contribution in [0.15, 0.2) is 4.99 Å². The molecule has 0 aliphatic carbocycles. The van der Waals surface area contributed by atoms with Crippen molar-refractivity contribution < 1.29 is 4.79 Å². The first-order chi connectivity index (χ1) is 4.72. The van der Waals surface area contributed by atoms with E-state index in [1.165, 1.54) is 0 Å². The van der Waals surface area contributed by atoms with Crippen molar-refractivity contribution in [3.8, 4) is 0 Å². The summed E-state index contributed by atoms with van der Waals surface area (Å²) in [5.74, 6) is -0.145. The van der Waals surface area contributed by atoms with Gasteiger partial charge in [0.1, 0.15) is 0 Å². The van der Waals surface area contributed by atoms with Gasteiger partial charge in [0.15, 0.2) is 0 Å². The smallest absolute Gasteiger partial charge is 0.264 e. The van der Waals surface area contributed by atoms with Crippen LogP contribution in [0.3, 0.4) is 0 Å². The zero-order chi connectivity index (χ0) is 7.98. The molecule has 0 aliphatic rings. The molecule has 58 valence electrons. The number of hydrogen-bond acceptors (Lipinski definition) is 3. The van der Waals surface area contributed by atoms with Crippen molar-refractivity contribution in [2.24, 2.45) is 10.7 Å². The number of hydrogen-bond donors (Lipinski definition) is 2. The van der Waals surface area contributed by atoms with Crippen molar-refractivity contribution in [3.05, 3.63) is 0 Å². The van der Waals surface area contributed by atoms with E-state index in [1.807, 2.05) is 0 Å². The highest BCUT2D eigenvalue weighted by molar-refractivity contribution is 6.37. The molecule has 0 heterocycles. The number of rotatable bonds is 3. The van der Waals surface area contributed by atoms with Gasteiger partial charge in [-0.15, -0.1) is 0 Å². The molecule has 4 nitrogen and oxygen atoms in total. The number of nitrogens with one attached hydrogen (secondary N) is 1. The van der Waals surface area contributed by atoms with Crippen LogP contribution in [0, 0.1) is 0 Å². The molecule has 0 unspecified atom stereocenters. The van der Waals surface area contributed by atoms with Crippen molar-refractivity contribution in [1.82, 2.24) is 5.32 Å². The summed E-state index contributed by atoms with van der Waals surface area (Å²) in [7, 11) is 1.58. The Morgan fingerprint density at radius 1 is 1.70 bits per heavy atom. The zero-order valence-electron chi connectivity index (χ0n) is 6.35. The molecule has 3 N–H and O–H groups in total. The van der Waals surface area contributed by atoms with Crippen molar-refractivity contribution in [2.75, 3.05) is 20.1 Å². The standard InChI is InChI=1S/C6H13N3O/c1-5(8-2)6(10)9-4-3-7/h3-4,7H2,1-2H3,(H,9,10)/b8-5+. The molecule has 10 heavy (non-hydrogen) atoms. The van der Waals surface area contributed by atoms with E-state index in [4.69, 9.17) is 5.73 Å². The second kappa shape index (κ2) is 4.93. The average molecular weight is 143 g/mol. The average Bonchev–Trinajstić information content (AvgIpc) is 1.98. The molecule has 0 rings (SSSR count). The molecular formula is C6H13N3O. The minimum Gasteiger partial charge on any atom is -0.350 e. The van der Waals surface area contributed by atoms with Crippen molar-refractivity contribution in [3.63, 3.8) is 0 Å². The Bertz CT molecular complexity index is 142. The summed E-state index contributed by atoms with van der Waals surface area (Å²) < 4.78 is 0. The van der Waals surface area contributed by atoms with Crippen LogP contribution >= 0.6 is 0 Å². The lowest BCUT2D eigenvalue weighted by Gasteiger charge is -2.00. The molecule has 4 heteroatoms. The van der Waals surface area contributed by atoms with Crippen molar-refractivity contribution in [1.29, 1.82) is 0 Å². The molecule has 0 bridgehead atoms. The quantitative estimate of drug-likeness (QED) is 0.505. The zero-order valence-corrected chi connectivity index (χ0v) is 6.35. The topological polar surface area (TPSA) is 67.5 Å². The summed E-state index contributed by atoms with van der Waals surface area (Å²) in [5, 5.41) is 2.59. The molecule has 0 aromatic heterocycles. The molecule has 0 saturated heterocycles. The van der Waals surface area contributed by atoms with Crippen molar-refractivity contribution in [2.45, 2.75) is 6.92 Å². The summed E-state index contributed by atoms with van der Waals surface area (Å²) in [4.78, 5) is 14.5. The van der Waals surface area contributed by atoms with Crippen molar-refractivity contribution >= 4 is 11.6 Å². The minimum atomic E-state index is -0.145. The number of amides is 1. The largest absolute Gasteiger partial charge is 0.350 e.